The van der Waals surface area contributed by atoms with E-state index in [4.69, 9.17) is 0 Å². The molecule has 2 heterocycles. The molecule has 2 aromatic rings. The maximum absolute atomic E-state index is 13.5. The van der Waals surface area contributed by atoms with Gasteiger partial charge in [-0.2, -0.15) is 9.78 Å². The molecule has 0 atom stereocenters. The molecule has 0 saturated heterocycles. The lowest BCUT2D eigenvalue weighted by molar-refractivity contribution is -0.131. The van der Waals surface area contributed by atoms with Gasteiger partial charge in [-0.05, 0) is 26.7 Å². The van der Waals surface area contributed by atoms with Crippen LogP contribution in [0.1, 0.15) is 49.9 Å². The van der Waals surface area contributed by atoms with Crippen molar-refractivity contribution in [3.8, 4) is 0 Å². The van der Waals surface area contributed by atoms with E-state index in [2.05, 4.69) is 30.1 Å². The second-order valence-electron chi connectivity index (χ2n) is 10.7. The molecule has 180 valence electrons. The minimum Gasteiger partial charge on any atom is -0.507 e. The van der Waals surface area contributed by atoms with E-state index in [-0.39, 0.29) is 29.2 Å². The molecule has 1 aromatic carbocycles. The van der Waals surface area contributed by atoms with Gasteiger partial charge >= 0.3 is 0 Å². The van der Waals surface area contributed by atoms with Gasteiger partial charge in [-0.15, -0.1) is 0 Å². The Kier molecular flexibility index (Phi) is 5.79. The third-order valence-corrected chi connectivity index (χ3v) is 11.2. The highest BCUT2D eigenvalue weighted by atomic mass is 28.3. The van der Waals surface area contributed by atoms with Crippen LogP contribution in [0.2, 0.25) is 24.7 Å². The number of amides is 2. The summed E-state index contributed by atoms with van der Waals surface area (Å²) >= 11 is 0. The molecule has 8 nitrogen and oxygen atoms in total. The predicted molar refractivity (Wildman–Crippen MR) is 134 cm³/mol. The number of rotatable bonds is 6. The van der Waals surface area contributed by atoms with Crippen molar-refractivity contribution in [2.45, 2.75) is 69.9 Å². The first kappa shape index (κ1) is 23.9. The van der Waals surface area contributed by atoms with E-state index in [1.54, 1.807) is 29.2 Å². The van der Waals surface area contributed by atoms with E-state index in [0.717, 1.165) is 19.3 Å². The Labute approximate surface area is 200 Å². The molecule has 0 radical (unpaired) electrons. The summed E-state index contributed by atoms with van der Waals surface area (Å²) in [6.07, 6.45) is 4.51. The Balaban J connectivity index is 1.64. The topological polar surface area (TPSA) is 105 Å². The summed E-state index contributed by atoms with van der Waals surface area (Å²) < 4.78 is 1.17. The van der Waals surface area contributed by atoms with Gasteiger partial charge in [0.15, 0.2) is 0 Å². The van der Waals surface area contributed by atoms with Crippen LogP contribution in [-0.2, 0) is 26.5 Å². The molecule has 1 aliphatic carbocycles. The van der Waals surface area contributed by atoms with Gasteiger partial charge in [0.2, 0.25) is 12.3 Å². The summed E-state index contributed by atoms with van der Waals surface area (Å²) in [5.41, 5.74) is 0.922. The van der Waals surface area contributed by atoms with Crippen LogP contribution < -0.4 is 5.32 Å². The number of anilines is 1. The van der Waals surface area contributed by atoms with Gasteiger partial charge in [0, 0.05) is 22.2 Å². The van der Waals surface area contributed by atoms with Crippen LogP contribution in [0.5, 0.6) is 0 Å². The molecule has 0 unspecified atom stereocenters. The molecule has 9 heteroatoms. The molecule has 34 heavy (non-hydrogen) atoms. The standard InChI is InChI=1S/C25H32N4O4Si/c1-24(2)21-18(15-28(24)20(32)14-19(31)17-10-7-6-8-11-17)22(29(16-30)27-21)26-23(33)25(12-9-13-25)34(3,4)5/h6-8,10-11,14,16,31H,9,12-13,15H2,1-5H3,(H,26,33)/b19-14+. The van der Waals surface area contributed by atoms with E-state index in [0.29, 0.717) is 29.0 Å². The predicted octanol–water partition coefficient (Wildman–Crippen LogP) is 4.30. The Morgan fingerprint density at radius 3 is 2.32 bits per heavy atom. The van der Waals surface area contributed by atoms with E-state index >= 15 is 0 Å². The number of aliphatic hydroxyl groups excluding tert-OH is 1. The second-order valence-corrected chi connectivity index (χ2v) is 16.2. The molecule has 2 amide bonds. The van der Waals surface area contributed by atoms with Gasteiger partial charge in [0.1, 0.15) is 11.6 Å². The minimum atomic E-state index is -1.81. The first-order valence-corrected chi connectivity index (χ1v) is 15.1. The minimum absolute atomic E-state index is 0.0621. The normalized spacial score (nSPS) is 18.7. The van der Waals surface area contributed by atoms with Gasteiger partial charge in [0.25, 0.3) is 5.91 Å². The Morgan fingerprint density at radius 2 is 1.79 bits per heavy atom. The van der Waals surface area contributed by atoms with Crippen molar-refractivity contribution in [3.05, 3.63) is 53.2 Å². The highest BCUT2D eigenvalue weighted by molar-refractivity contribution is 6.83. The van der Waals surface area contributed by atoms with E-state index in [1.807, 2.05) is 19.9 Å². The van der Waals surface area contributed by atoms with Crippen LogP contribution in [0.4, 0.5) is 5.82 Å². The van der Waals surface area contributed by atoms with Crippen molar-refractivity contribution in [2.75, 3.05) is 5.32 Å². The van der Waals surface area contributed by atoms with E-state index in [9.17, 15) is 19.5 Å². The number of carbonyl (C=O) groups is 3. The molecule has 1 aromatic heterocycles. The highest BCUT2D eigenvalue weighted by Gasteiger charge is 2.54. The van der Waals surface area contributed by atoms with E-state index < -0.39 is 13.6 Å². The lowest BCUT2D eigenvalue weighted by Crippen LogP contribution is -2.52. The fourth-order valence-electron chi connectivity index (χ4n) is 5.12. The summed E-state index contributed by atoms with van der Waals surface area (Å²) in [5.74, 6) is -0.233. The Morgan fingerprint density at radius 1 is 1.15 bits per heavy atom. The molecule has 0 bridgehead atoms. The monoisotopic (exact) mass is 480 g/mol. The van der Waals surface area contributed by atoms with Crippen molar-refractivity contribution in [3.63, 3.8) is 0 Å². The first-order chi connectivity index (χ1) is 15.9. The number of hydrogen-bond donors (Lipinski definition) is 2. The smallest absolute Gasteiger partial charge is 0.251 e. The van der Waals surface area contributed by atoms with Crippen LogP contribution >= 0.6 is 0 Å². The zero-order valence-corrected chi connectivity index (χ0v) is 21.4. The second kappa shape index (κ2) is 8.23. The van der Waals surface area contributed by atoms with Crippen LogP contribution in [0.3, 0.4) is 0 Å². The maximum atomic E-state index is 13.5. The number of nitrogens with zero attached hydrogens (tertiary/aromatic N) is 3. The summed E-state index contributed by atoms with van der Waals surface area (Å²) in [6.45, 7) is 10.4. The number of aromatic nitrogens is 2. The lowest BCUT2D eigenvalue weighted by atomic mass is 9.83. The summed E-state index contributed by atoms with van der Waals surface area (Å²) in [4.78, 5) is 40.0. The molecule has 2 aliphatic rings. The van der Waals surface area contributed by atoms with E-state index in [1.165, 1.54) is 10.8 Å². The number of benzene rings is 1. The van der Waals surface area contributed by atoms with Gasteiger partial charge < -0.3 is 15.3 Å². The number of fused-ring (bicyclic) bond motifs is 1. The quantitative estimate of drug-likeness (QED) is 0.278. The highest BCUT2D eigenvalue weighted by Crippen LogP contribution is 2.56. The third kappa shape index (κ3) is 3.68. The van der Waals surface area contributed by atoms with Crippen molar-refractivity contribution in [1.29, 1.82) is 0 Å². The van der Waals surface area contributed by atoms with Gasteiger partial charge in [-0.3, -0.25) is 14.4 Å². The maximum Gasteiger partial charge on any atom is 0.251 e. The Bertz CT molecular complexity index is 1170. The first-order valence-electron chi connectivity index (χ1n) is 11.6. The molecule has 1 fully saturated rings. The summed E-state index contributed by atoms with van der Waals surface area (Å²) in [6, 6.07) is 8.84. The van der Waals surface area contributed by atoms with Gasteiger partial charge in [0.05, 0.1) is 25.9 Å². The molecule has 4 rings (SSSR count). The van der Waals surface area contributed by atoms with Gasteiger partial charge in [-0.25, -0.2) is 0 Å². The SMILES string of the molecule is CC1(C)c2nn(C=O)c(NC(=O)C3([Si](C)(C)C)CCC3)c2CN1C(=O)/C=C(/O)c1ccccc1. The van der Waals surface area contributed by atoms with Crippen molar-refractivity contribution >= 4 is 37.9 Å². The summed E-state index contributed by atoms with van der Waals surface area (Å²) in [5, 5.41) is 17.5. The van der Waals surface area contributed by atoms with Crippen LogP contribution in [-0.4, -0.2) is 46.1 Å². The molecule has 1 aliphatic heterocycles. The van der Waals surface area contributed by atoms with Crippen molar-refractivity contribution in [1.82, 2.24) is 14.7 Å². The van der Waals surface area contributed by atoms with Gasteiger partial charge in [-0.1, -0.05) is 56.4 Å². The third-order valence-electron chi connectivity index (χ3n) is 7.58. The molecular weight excluding hydrogens is 448 g/mol. The number of aliphatic hydroxyl groups is 1. The molecular formula is C25H32N4O4Si. The zero-order valence-electron chi connectivity index (χ0n) is 20.4. The number of nitrogens with one attached hydrogen (secondary N) is 1. The fourth-order valence-corrected chi connectivity index (χ4v) is 7.72. The average molecular weight is 481 g/mol. The fraction of sp³-hybridized carbons (Fsp3) is 0.440. The van der Waals surface area contributed by atoms with Crippen LogP contribution in [0.25, 0.3) is 5.76 Å². The largest absolute Gasteiger partial charge is 0.507 e. The average Bonchev–Trinajstić information content (AvgIpc) is 3.20. The lowest BCUT2D eigenvalue weighted by Gasteiger charge is -2.48. The molecule has 1 saturated carbocycles. The molecule has 2 N–H and O–H groups in total. The number of hydrogen-bond acceptors (Lipinski definition) is 5. The molecule has 0 spiro atoms. The number of carbonyl (C=O) groups excluding carboxylic acids is 3. The van der Waals surface area contributed by atoms with Crippen molar-refractivity contribution < 1.29 is 19.5 Å². The Hall–Kier alpha value is -3.20. The van der Waals surface area contributed by atoms with Crippen LogP contribution in [0, 0.1) is 0 Å². The summed E-state index contributed by atoms with van der Waals surface area (Å²) in [7, 11) is -1.81. The van der Waals surface area contributed by atoms with Crippen molar-refractivity contribution in [2.24, 2.45) is 0 Å². The zero-order chi connectivity index (χ0) is 24.9. The van der Waals surface area contributed by atoms with Crippen LogP contribution in [0.15, 0.2) is 36.4 Å².